The van der Waals surface area contributed by atoms with Crippen molar-refractivity contribution < 1.29 is 9.59 Å². The van der Waals surface area contributed by atoms with Gasteiger partial charge in [-0.3, -0.25) is 9.59 Å². The molecule has 154 valence electrons. The third-order valence-corrected chi connectivity index (χ3v) is 6.19. The molecule has 1 aromatic heterocycles. The fourth-order valence-corrected chi connectivity index (χ4v) is 4.44. The summed E-state index contributed by atoms with van der Waals surface area (Å²) < 4.78 is 0. The Labute approximate surface area is 177 Å². The van der Waals surface area contributed by atoms with E-state index in [4.69, 9.17) is 0 Å². The Balaban J connectivity index is 1.57. The quantitative estimate of drug-likeness (QED) is 0.659. The Morgan fingerprint density at radius 3 is 2.55 bits per heavy atom. The molecule has 2 aromatic rings. The van der Waals surface area contributed by atoms with Gasteiger partial charge in [0.05, 0.1) is 11.3 Å². The van der Waals surface area contributed by atoms with Crippen LogP contribution in [-0.2, 0) is 4.79 Å². The van der Waals surface area contributed by atoms with Gasteiger partial charge in [-0.2, -0.15) is 0 Å². The lowest BCUT2D eigenvalue weighted by molar-refractivity contribution is -0.119. The van der Waals surface area contributed by atoms with E-state index in [2.05, 4.69) is 15.6 Å². The van der Waals surface area contributed by atoms with Crippen LogP contribution in [0.5, 0.6) is 0 Å². The van der Waals surface area contributed by atoms with E-state index in [1.165, 1.54) is 43.9 Å². The molecule has 0 aliphatic heterocycles. The maximum atomic E-state index is 12.7. The van der Waals surface area contributed by atoms with Gasteiger partial charge in [0.25, 0.3) is 5.91 Å². The lowest BCUT2D eigenvalue weighted by atomic mass is 9.97. The monoisotopic (exact) mass is 411 g/mol. The Morgan fingerprint density at radius 2 is 1.79 bits per heavy atom. The number of hydrogen-bond acceptors (Lipinski definition) is 4. The number of thioether (sulfide) groups is 1. The number of rotatable bonds is 6. The SMILES string of the molecule is Cc1ccnc(NC(=O)c2ccccc2SCC(=O)NC2CCCCCCC2)c1. The van der Waals surface area contributed by atoms with E-state index in [0.29, 0.717) is 17.1 Å². The highest BCUT2D eigenvalue weighted by Gasteiger charge is 2.16. The van der Waals surface area contributed by atoms with Crippen molar-refractivity contribution >= 4 is 29.4 Å². The highest BCUT2D eigenvalue weighted by molar-refractivity contribution is 8.00. The van der Waals surface area contributed by atoms with Crippen LogP contribution < -0.4 is 10.6 Å². The summed E-state index contributed by atoms with van der Waals surface area (Å²) in [7, 11) is 0. The molecule has 29 heavy (non-hydrogen) atoms. The Morgan fingerprint density at radius 1 is 1.07 bits per heavy atom. The molecule has 0 bridgehead atoms. The predicted octanol–water partition coefficient (Wildman–Crippen LogP) is 4.96. The summed E-state index contributed by atoms with van der Waals surface area (Å²) in [5.74, 6) is 0.656. The van der Waals surface area contributed by atoms with E-state index >= 15 is 0 Å². The van der Waals surface area contributed by atoms with Crippen molar-refractivity contribution in [3.8, 4) is 0 Å². The zero-order valence-electron chi connectivity index (χ0n) is 16.9. The molecule has 1 saturated carbocycles. The average molecular weight is 412 g/mol. The number of carbonyl (C=O) groups excluding carboxylic acids is 2. The van der Waals surface area contributed by atoms with Gasteiger partial charge in [0.1, 0.15) is 5.82 Å². The molecule has 2 amide bonds. The number of carbonyl (C=O) groups is 2. The molecular formula is C23H29N3O2S. The summed E-state index contributed by atoms with van der Waals surface area (Å²) >= 11 is 1.40. The van der Waals surface area contributed by atoms with Gasteiger partial charge in [-0.15, -0.1) is 11.8 Å². The van der Waals surface area contributed by atoms with Crippen LogP contribution in [0, 0.1) is 6.92 Å². The lowest BCUT2D eigenvalue weighted by Crippen LogP contribution is -2.36. The molecule has 1 fully saturated rings. The van der Waals surface area contributed by atoms with Crippen LogP contribution in [-0.4, -0.2) is 28.6 Å². The molecule has 1 heterocycles. The average Bonchev–Trinajstić information content (AvgIpc) is 2.68. The van der Waals surface area contributed by atoms with Crippen LogP contribution in [0.25, 0.3) is 0 Å². The molecule has 0 saturated heterocycles. The van der Waals surface area contributed by atoms with Gasteiger partial charge >= 0.3 is 0 Å². The minimum atomic E-state index is -0.216. The standard InChI is InChI=1S/C23H29N3O2S/c1-17-13-14-24-21(15-17)26-23(28)19-11-7-8-12-20(19)29-16-22(27)25-18-9-5-3-2-4-6-10-18/h7-8,11-15,18H,2-6,9-10,16H2,1H3,(H,25,27)(H,24,26,28). The summed E-state index contributed by atoms with van der Waals surface area (Å²) in [5, 5.41) is 6.02. The number of amides is 2. The van der Waals surface area contributed by atoms with Gasteiger partial charge < -0.3 is 10.6 Å². The smallest absolute Gasteiger partial charge is 0.257 e. The number of pyridine rings is 1. The second-order valence-corrected chi connectivity index (χ2v) is 8.58. The number of nitrogens with one attached hydrogen (secondary N) is 2. The molecule has 1 aliphatic carbocycles. The van der Waals surface area contributed by atoms with Crippen LogP contribution in [0.3, 0.4) is 0 Å². The highest BCUT2D eigenvalue weighted by Crippen LogP contribution is 2.24. The summed E-state index contributed by atoms with van der Waals surface area (Å²) in [6.45, 7) is 1.95. The van der Waals surface area contributed by atoms with E-state index < -0.39 is 0 Å². The van der Waals surface area contributed by atoms with Gasteiger partial charge in [-0.1, -0.05) is 44.2 Å². The van der Waals surface area contributed by atoms with Crippen LogP contribution in [0.4, 0.5) is 5.82 Å². The Kier molecular flexibility index (Phi) is 8.11. The molecule has 2 N–H and O–H groups in total. The first-order valence-corrected chi connectivity index (χ1v) is 11.4. The minimum Gasteiger partial charge on any atom is -0.353 e. The molecule has 1 aliphatic rings. The predicted molar refractivity (Wildman–Crippen MR) is 118 cm³/mol. The van der Waals surface area contributed by atoms with Crippen molar-refractivity contribution in [2.24, 2.45) is 0 Å². The Bertz CT molecular complexity index is 832. The molecule has 0 atom stereocenters. The Hall–Kier alpha value is -2.34. The third-order valence-electron chi connectivity index (χ3n) is 5.12. The van der Waals surface area contributed by atoms with Crippen molar-refractivity contribution in [2.75, 3.05) is 11.1 Å². The third kappa shape index (κ3) is 6.89. The number of nitrogens with zero attached hydrogens (tertiary/aromatic N) is 1. The van der Waals surface area contributed by atoms with Gasteiger partial charge in [-0.05, 0) is 49.6 Å². The molecule has 0 unspecified atom stereocenters. The van der Waals surface area contributed by atoms with Crippen molar-refractivity contribution in [1.82, 2.24) is 10.3 Å². The van der Waals surface area contributed by atoms with Crippen molar-refractivity contribution in [3.63, 3.8) is 0 Å². The van der Waals surface area contributed by atoms with Gasteiger partial charge in [-0.25, -0.2) is 4.98 Å². The van der Waals surface area contributed by atoms with Gasteiger partial charge in [0.15, 0.2) is 0 Å². The summed E-state index contributed by atoms with van der Waals surface area (Å²) in [6, 6.07) is 11.4. The van der Waals surface area contributed by atoms with Crippen molar-refractivity contribution in [1.29, 1.82) is 0 Å². The number of aryl methyl sites for hydroxylation is 1. The lowest BCUT2D eigenvalue weighted by Gasteiger charge is -2.21. The first-order chi connectivity index (χ1) is 14.1. The first kappa shape index (κ1) is 21.4. The van der Waals surface area contributed by atoms with Crippen molar-refractivity contribution in [2.45, 2.75) is 62.8 Å². The number of anilines is 1. The molecule has 3 rings (SSSR count). The van der Waals surface area contributed by atoms with Crippen LogP contribution in [0.2, 0.25) is 0 Å². The topological polar surface area (TPSA) is 71.1 Å². The van der Waals surface area contributed by atoms with E-state index in [-0.39, 0.29) is 17.9 Å². The zero-order chi connectivity index (χ0) is 20.5. The highest BCUT2D eigenvalue weighted by atomic mass is 32.2. The van der Waals surface area contributed by atoms with Crippen molar-refractivity contribution in [3.05, 3.63) is 53.7 Å². The summed E-state index contributed by atoms with van der Waals surface area (Å²) in [6.07, 6.45) is 10.0. The first-order valence-electron chi connectivity index (χ1n) is 10.4. The van der Waals surface area contributed by atoms with Crippen LogP contribution in [0.15, 0.2) is 47.5 Å². The maximum absolute atomic E-state index is 12.7. The number of hydrogen-bond donors (Lipinski definition) is 2. The largest absolute Gasteiger partial charge is 0.353 e. The fourth-order valence-electron chi connectivity index (χ4n) is 3.58. The normalized spacial score (nSPS) is 15.2. The zero-order valence-corrected chi connectivity index (χ0v) is 17.8. The summed E-state index contributed by atoms with van der Waals surface area (Å²) in [5.41, 5.74) is 1.59. The molecule has 1 aromatic carbocycles. The fraction of sp³-hybridized carbons (Fsp3) is 0.435. The van der Waals surface area contributed by atoms with Crippen LogP contribution in [0.1, 0.15) is 60.9 Å². The number of aromatic nitrogens is 1. The van der Waals surface area contributed by atoms with Crippen LogP contribution >= 0.6 is 11.8 Å². The maximum Gasteiger partial charge on any atom is 0.257 e. The molecular weight excluding hydrogens is 382 g/mol. The molecule has 0 spiro atoms. The molecule has 6 heteroatoms. The van der Waals surface area contributed by atoms with E-state index in [1.54, 1.807) is 12.3 Å². The van der Waals surface area contributed by atoms with E-state index in [1.807, 2.05) is 37.3 Å². The van der Waals surface area contributed by atoms with Gasteiger partial charge in [0, 0.05) is 17.1 Å². The van der Waals surface area contributed by atoms with E-state index in [0.717, 1.165) is 23.3 Å². The number of benzene rings is 1. The molecule has 5 nitrogen and oxygen atoms in total. The second kappa shape index (κ2) is 11.0. The molecule has 0 radical (unpaired) electrons. The van der Waals surface area contributed by atoms with E-state index in [9.17, 15) is 9.59 Å². The summed E-state index contributed by atoms with van der Waals surface area (Å²) in [4.78, 5) is 30.1. The minimum absolute atomic E-state index is 0.0381. The second-order valence-electron chi connectivity index (χ2n) is 7.57. The van der Waals surface area contributed by atoms with Gasteiger partial charge in [0.2, 0.25) is 5.91 Å².